The molecule has 1 rings (SSSR count). The summed E-state index contributed by atoms with van der Waals surface area (Å²) in [4.78, 5) is 0. The van der Waals surface area contributed by atoms with Crippen LogP contribution in [0.25, 0.3) is 0 Å². The lowest BCUT2D eigenvalue weighted by Crippen LogP contribution is -2.47. The second kappa shape index (κ2) is 12.7. The summed E-state index contributed by atoms with van der Waals surface area (Å²) in [6.45, 7) is 16.1. The Bertz CT molecular complexity index is 405. The van der Waals surface area contributed by atoms with E-state index >= 15 is 0 Å². The van der Waals surface area contributed by atoms with Crippen molar-refractivity contribution < 1.29 is 14.3 Å². The monoisotopic (exact) mass is 414 g/mol. The van der Waals surface area contributed by atoms with Crippen LogP contribution in [0.1, 0.15) is 112 Å². The lowest BCUT2D eigenvalue weighted by atomic mass is 10.0. The lowest BCUT2D eigenvalue weighted by Gasteiger charge is -2.41. The van der Waals surface area contributed by atoms with Crippen LogP contribution < -0.4 is 0 Å². The maximum absolute atomic E-state index is 10.6. The van der Waals surface area contributed by atoms with Crippen molar-refractivity contribution >= 4 is 8.32 Å². The lowest BCUT2D eigenvalue weighted by molar-refractivity contribution is -0.0751. The molecule has 3 nitrogen and oxygen atoms in total. The zero-order valence-corrected chi connectivity index (χ0v) is 21.1. The molecule has 1 heterocycles. The highest BCUT2D eigenvalue weighted by molar-refractivity contribution is 6.74. The molecule has 0 aromatic heterocycles. The number of aliphatic hydroxyl groups excluding tert-OH is 1. The van der Waals surface area contributed by atoms with Crippen LogP contribution in [0.4, 0.5) is 0 Å². The molecule has 28 heavy (non-hydrogen) atoms. The first-order valence-corrected chi connectivity index (χ1v) is 15.0. The third-order valence-corrected chi connectivity index (χ3v) is 11.4. The number of aliphatic hydroxyl groups is 1. The van der Waals surface area contributed by atoms with Crippen molar-refractivity contribution in [3.05, 3.63) is 0 Å². The van der Waals surface area contributed by atoms with Gasteiger partial charge in [0, 0.05) is 0 Å². The van der Waals surface area contributed by atoms with Gasteiger partial charge in [-0.3, -0.25) is 0 Å². The Morgan fingerprint density at radius 3 is 1.96 bits per heavy atom. The zero-order valence-electron chi connectivity index (χ0n) is 20.1. The van der Waals surface area contributed by atoms with Gasteiger partial charge < -0.3 is 14.3 Å². The third-order valence-electron chi connectivity index (χ3n) is 6.88. The van der Waals surface area contributed by atoms with Crippen molar-refractivity contribution in [1.29, 1.82) is 0 Å². The topological polar surface area (TPSA) is 38.7 Å². The fourth-order valence-corrected chi connectivity index (χ4v) is 5.24. The van der Waals surface area contributed by atoms with E-state index in [1.807, 2.05) is 0 Å². The summed E-state index contributed by atoms with van der Waals surface area (Å²) >= 11 is 0. The van der Waals surface area contributed by atoms with Gasteiger partial charge in [-0.1, -0.05) is 86.0 Å². The SMILES string of the molecule is CCCCCC[C@H](O)[C@@H]1CC[C@H]([C@@H](CCCCCC)O[Si](C)(C)C(C)(C)C)O1. The van der Waals surface area contributed by atoms with Crippen molar-refractivity contribution in [3.63, 3.8) is 0 Å². The van der Waals surface area contributed by atoms with Gasteiger partial charge >= 0.3 is 0 Å². The zero-order chi connectivity index (χ0) is 21.2. The van der Waals surface area contributed by atoms with Gasteiger partial charge in [0.15, 0.2) is 8.32 Å². The number of ether oxygens (including phenoxy) is 1. The summed E-state index contributed by atoms with van der Waals surface area (Å²) in [6, 6.07) is 0. The first-order chi connectivity index (χ1) is 13.1. The van der Waals surface area contributed by atoms with E-state index in [0.717, 1.165) is 32.1 Å². The normalized spacial score (nSPS) is 23.1. The van der Waals surface area contributed by atoms with Crippen molar-refractivity contribution in [2.75, 3.05) is 0 Å². The molecule has 4 heteroatoms. The van der Waals surface area contributed by atoms with E-state index in [0.29, 0.717) is 0 Å². The largest absolute Gasteiger partial charge is 0.411 e. The molecule has 0 aromatic rings. The summed E-state index contributed by atoms with van der Waals surface area (Å²) in [5, 5.41) is 10.8. The minimum absolute atomic E-state index is 0.00721. The molecular formula is C24H50O3Si. The molecule has 1 saturated heterocycles. The van der Waals surface area contributed by atoms with Crippen LogP contribution in [0.2, 0.25) is 18.1 Å². The summed E-state index contributed by atoms with van der Waals surface area (Å²) in [5.74, 6) is 0. The average Bonchev–Trinajstić information content (AvgIpc) is 3.10. The summed E-state index contributed by atoms with van der Waals surface area (Å²) in [5.41, 5.74) is 0. The van der Waals surface area contributed by atoms with Crippen LogP contribution in [0.3, 0.4) is 0 Å². The van der Waals surface area contributed by atoms with Gasteiger partial charge in [0.05, 0.1) is 24.4 Å². The highest BCUT2D eigenvalue weighted by Crippen LogP contribution is 2.40. The Kier molecular flexibility index (Phi) is 11.9. The first-order valence-electron chi connectivity index (χ1n) is 12.1. The second-order valence-electron chi connectivity index (χ2n) is 10.5. The Morgan fingerprint density at radius 2 is 1.43 bits per heavy atom. The molecular weight excluding hydrogens is 364 g/mol. The van der Waals surface area contributed by atoms with E-state index < -0.39 is 8.32 Å². The van der Waals surface area contributed by atoms with E-state index in [4.69, 9.17) is 9.16 Å². The van der Waals surface area contributed by atoms with Gasteiger partial charge in [-0.05, 0) is 43.8 Å². The minimum atomic E-state index is -1.83. The van der Waals surface area contributed by atoms with Crippen LogP contribution in [-0.2, 0) is 9.16 Å². The molecule has 0 saturated carbocycles. The molecule has 0 spiro atoms. The molecule has 4 atom stereocenters. The molecule has 0 radical (unpaired) electrons. The Hall–Kier alpha value is 0.0969. The van der Waals surface area contributed by atoms with Crippen molar-refractivity contribution in [2.45, 2.75) is 154 Å². The Morgan fingerprint density at radius 1 is 0.893 bits per heavy atom. The molecule has 0 amide bonds. The maximum atomic E-state index is 10.6. The second-order valence-corrected chi connectivity index (χ2v) is 15.2. The third kappa shape index (κ3) is 8.85. The standard InChI is InChI=1S/C24H50O3Si/c1-8-10-12-14-16-20(25)21-18-19-22(26-21)23(17-15-13-11-9-2)27-28(6,7)24(3,4)5/h20-23,25H,8-19H2,1-7H3/t20-,21-,22+,23+/m0/s1. The van der Waals surface area contributed by atoms with Gasteiger partial charge in [-0.2, -0.15) is 0 Å². The van der Waals surface area contributed by atoms with Crippen molar-refractivity contribution in [1.82, 2.24) is 0 Å². The van der Waals surface area contributed by atoms with Crippen LogP contribution in [0.5, 0.6) is 0 Å². The molecule has 0 unspecified atom stereocenters. The molecule has 168 valence electrons. The fourth-order valence-electron chi connectivity index (χ4n) is 3.86. The fraction of sp³-hybridized carbons (Fsp3) is 1.00. The van der Waals surface area contributed by atoms with Gasteiger partial charge in [-0.25, -0.2) is 0 Å². The molecule has 1 aliphatic heterocycles. The van der Waals surface area contributed by atoms with Crippen molar-refractivity contribution in [3.8, 4) is 0 Å². The predicted molar refractivity (Wildman–Crippen MR) is 123 cm³/mol. The molecule has 0 aromatic carbocycles. The number of unbranched alkanes of at least 4 members (excludes halogenated alkanes) is 6. The molecule has 1 N–H and O–H groups in total. The van der Waals surface area contributed by atoms with Gasteiger partial charge in [0.25, 0.3) is 0 Å². The van der Waals surface area contributed by atoms with Crippen molar-refractivity contribution in [2.24, 2.45) is 0 Å². The molecule has 1 fully saturated rings. The van der Waals surface area contributed by atoms with Gasteiger partial charge in [-0.15, -0.1) is 0 Å². The predicted octanol–water partition coefficient (Wildman–Crippen LogP) is 7.23. The first kappa shape index (κ1) is 26.1. The molecule has 0 aliphatic carbocycles. The smallest absolute Gasteiger partial charge is 0.192 e. The number of rotatable bonds is 14. The summed E-state index contributed by atoms with van der Waals surface area (Å²) in [7, 11) is -1.83. The Balaban J connectivity index is 2.63. The van der Waals surface area contributed by atoms with E-state index in [-0.39, 0.29) is 29.5 Å². The summed E-state index contributed by atoms with van der Waals surface area (Å²) < 4.78 is 13.2. The van der Waals surface area contributed by atoms with Gasteiger partial charge in [0.2, 0.25) is 0 Å². The highest BCUT2D eigenvalue weighted by Gasteiger charge is 2.43. The summed E-state index contributed by atoms with van der Waals surface area (Å²) in [6.07, 6.45) is 13.9. The van der Waals surface area contributed by atoms with Crippen LogP contribution >= 0.6 is 0 Å². The van der Waals surface area contributed by atoms with Crippen LogP contribution in [-0.4, -0.2) is 37.8 Å². The number of hydrogen-bond donors (Lipinski definition) is 1. The van der Waals surface area contributed by atoms with E-state index in [9.17, 15) is 5.11 Å². The van der Waals surface area contributed by atoms with Crippen LogP contribution in [0, 0.1) is 0 Å². The average molecular weight is 415 g/mol. The number of hydrogen-bond acceptors (Lipinski definition) is 3. The van der Waals surface area contributed by atoms with E-state index in [1.165, 1.54) is 44.9 Å². The Labute approximate surface area is 177 Å². The van der Waals surface area contributed by atoms with E-state index in [1.54, 1.807) is 0 Å². The van der Waals surface area contributed by atoms with Crippen LogP contribution in [0.15, 0.2) is 0 Å². The highest BCUT2D eigenvalue weighted by atomic mass is 28.4. The maximum Gasteiger partial charge on any atom is 0.192 e. The molecule has 1 aliphatic rings. The van der Waals surface area contributed by atoms with Gasteiger partial charge in [0.1, 0.15) is 0 Å². The molecule has 0 bridgehead atoms. The minimum Gasteiger partial charge on any atom is -0.411 e. The quantitative estimate of drug-likeness (QED) is 0.241. The van der Waals surface area contributed by atoms with E-state index in [2.05, 4.69) is 47.7 Å².